The summed E-state index contributed by atoms with van der Waals surface area (Å²) in [4.78, 5) is 0. The van der Waals surface area contributed by atoms with E-state index in [0.29, 0.717) is 5.54 Å². The lowest BCUT2D eigenvalue weighted by molar-refractivity contribution is 0.241. The standard InChI is InChI=1S/C16H32O2Si/c1-5-8-11-15(6-2)14-19(17-4,18-7-3)16-12-9-10-13-16/h7,15-16H,3,5-6,8-14H2,1-2,4H3. The van der Waals surface area contributed by atoms with Gasteiger partial charge in [0.1, 0.15) is 0 Å². The van der Waals surface area contributed by atoms with Gasteiger partial charge in [-0.05, 0) is 18.8 Å². The second kappa shape index (κ2) is 8.80. The van der Waals surface area contributed by atoms with Crippen LogP contribution in [-0.2, 0) is 8.85 Å². The second-order valence-electron chi connectivity index (χ2n) is 5.90. The van der Waals surface area contributed by atoms with E-state index in [-0.39, 0.29) is 0 Å². The van der Waals surface area contributed by atoms with E-state index in [1.807, 2.05) is 7.11 Å². The SMILES string of the molecule is C=CO[Si](CC(CC)CCCC)(OC)C1CCCC1. The highest BCUT2D eigenvalue weighted by atomic mass is 28.4. The first-order valence-corrected chi connectivity index (χ1v) is 10.2. The molecule has 0 aromatic carbocycles. The van der Waals surface area contributed by atoms with Gasteiger partial charge in [0.2, 0.25) is 0 Å². The zero-order valence-corrected chi connectivity index (χ0v) is 14.1. The highest BCUT2D eigenvalue weighted by Gasteiger charge is 2.48. The van der Waals surface area contributed by atoms with E-state index in [2.05, 4.69) is 20.4 Å². The first kappa shape index (κ1) is 16.8. The van der Waals surface area contributed by atoms with E-state index in [1.54, 1.807) is 6.26 Å². The van der Waals surface area contributed by atoms with E-state index in [0.717, 1.165) is 12.0 Å². The van der Waals surface area contributed by atoms with Crippen LogP contribution < -0.4 is 0 Å². The van der Waals surface area contributed by atoms with Crippen molar-refractivity contribution in [2.75, 3.05) is 7.11 Å². The molecule has 2 unspecified atom stereocenters. The van der Waals surface area contributed by atoms with Gasteiger partial charge in [-0.1, -0.05) is 59.0 Å². The molecule has 0 heterocycles. The normalized spacial score (nSPS) is 21.0. The highest BCUT2D eigenvalue weighted by Crippen LogP contribution is 2.43. The van der Waals surface area contributed by atoms with Crippen LogP contribution >= 0.6 is 0 Å². The Morgan fingerprint density at radius 1 is 1.32 bits per heavy atom. The fraction of sp³-hybridized carbons (Fsp3) is 0.875. The lowest BCUT2D eigenvalue weighted by Gasteiger charge is -2.35. The Labute approximate surface area is 120 Å². The average molecular weight is 285 g/mol. The molecule has 3 heteroatoms. The minimum absolute atomic E-state index is 0.672. The lowest BCUT2D eigenvalue weighted by atomic mass is 10.0. The summed E-state index contributed by atoms with van der Waals surface area (Å²) < 4.78 is 12.1. The van der Waals surface area contributed by atoms with Crippen molar-refractivity contribution in [2.24, 2.45) is 5.92 Å². The predicted molar refractivity (Wildman–Crippen MR) is 84.4 cm³/mol. The summed E-state index contributed by atoms with van der Waals surface area (Å²) in [5.74, 6) is 0.757. The maximum Gasteiger partial charge on any atom is 0.401 e. The Morgan fingerprint density at radius 3 is 2.47 bits per heavy atom. The van der Waals surface area contributed by atoms with Gasteiger partial charge in [0, 0.05) is 18.7 Å². The third-order valence-corrected chi connectivity index (χ3v) is 8.95. The fourth-order valence-corrected chi connectivity index (χ4v) is 7.55. The predicted octanol–water partition coefficient (Wildman–Crippen LogP) is 5.40. The molecule has 1 aliphatic rings. The van der Waals surface area contributed by atoms with E-state index < -0.39 is 8.56 Å². The van der Waals surface area contributed by atoms with Gasteiger partial charge in [-0.2, -0.15) is 0 Å². The Morgan fingerprint density at radius 2 is 2.00 bits per heavy atom. The van der Waals surface area contributed by atoms with Crippen LogP contribution in [0.25, 0.3) is 0 Å². The van der Waals surface area contributed by atoms with Crippen molar-refractivity contribution in [3.63, 3.8) is 0 Å². The molecule has 1 fully saturated rings. The lowest BCUT2D eigenvalue weighted by Crippen LogP contribution is -2.45. The van der Waals surface area contributed by atoms with Gasteiger partial charge in [0.05, 0.1) is 6.26 Å². The molecule has 2 nitrogen and oxygen atoms in total. The van der Waals surface area contributed by atoms with Crippen molar-refractivity contribution in [3.05, 3.63) is 12.8 Å². The summed E-state index contributed by atoms with van der Waals surface area (Å²) in [6.45, 7) is 8.36. The summed E-state index contributed by atoms with van der Waals surface area (Å²) in [5.41, 5.74) is 0.672. The molecule has 0 saturated heterocycles. The number of rotatable bonds is 10. The Kier molecular flexibility index (Phi) is 7.77. The van der Waals surface area contributed by atoms with E-state index in [1.165, 1.54) is 51.4 Å². The molecule has 0 bridgehead atoms. The molecular weight excluding hydrogens is 252 g/mol. The molecule has 19 heavy (non-hydrogen) atoms. The van der Waals surface area contributed by atoms with Crippen LogP contribution in [0.5, 0.6) is 0 Å². The summed E-state index contributed by atoms with van der Waals surface area (Å²) >= 11 is 0. The van der Waals surface area contributed by atoms with Crippen molar-refractivity contribution < 1.29 is 8.85 Å². The number of hydrogen-bond acceptors (Lipinski definition) is 2. The maximum atomic E-state index is 6.06. The van der Waals surface area contributed by atoms with Crippen LogP contribution in [0.2, 0.25) is 11.6 Å². The van der Waals surface area contributed by atoms with Crippen molar-refractivity contribution in [3.8, 4) is 0 Å². The Balaban J connectivity index is 2.72. The molecule has 0 radical (unpaired) electrons. The van der Waals surface area contributed by atoms with Crippen LogP contribution in [0.4, 0.5) is 0 Å². The Bertz CT molecular complexity index is 251. The third-order valence-electron chi connectivity index (χ3n) is 4.72. The quantitative estimate of drug-likeness (QED) is 0.395. The van der Waals surface area contributed by atoms with Gasteiger partial charge >= 0.3 is 8.56 Å². The largest absolute Gasteiger partial charge is 0.527 e. The molecular formula is C16H32O2Si. The van der Waals surface area contributed by atoms with E-state index in [9.17, 15) is 0 Å². The first-order chi connectivity index (χ1) is 9.22. The molecule has 0 aromatic heterocycles. The molecule has 0 aliphatic heterocycles. The minimum atomic E-state index is -2.09. The smallest absolute Gasteiger partial charge is 0.401 e. The van der Waals surface area contributed by atoms with Crippen LogP contribution in [0.3, 0.4) is 0 Å². The van der Waals surface area contributed by atoms with Crippen molar-refractivity contribution in [1.82, 2.24) is 0 Å². The molecule has 1 saturated carbocycles. The topological polar surface area (TPSA) is 18.5 Å². The van der Waals surface area contributed by atoms with E-state index >= 15 is 0 Å². The summed E-state index contributed by atoms with van der Waals surface area (Å²) in [6, 6.07) is 1.15. The number of unbranched alkanes of at least 4 members (excludes halogenated alkanes) is 1. The third kappa shape index (κ3) is 4.64. The fourth-order valence-electron chi connectivity index (χ4n) is 3.46. The molecule has 1 rings (SSSR count). The van der Waals surface area contributed by atoms with Crippen molar-refractivity contribution >= 4 is 8.56 Å². The minimum Gasteiger partial charge on any atom is -0.527 e. The molecule has 0 aromatic rings. The molecule has 2 atom stereocenters. The van der Waals surface area contributed by atoms with Gasteiger partial charge < -0.3 is 8.85 Å². The average Bonchev–Trinajstić information content (AvgIpc) is 2.97. The van der Waals surface area contributed by atoms with Gasteiger partial charge in [-0.3, -0.25) is 0 Å². The highest BCUT2D eigenvalue weighted by molar-refractivity contribution is 6.69. The molecule has 0 N–H and O–H groups in total. The van der Waals surface area contributed by atoms with Crippen LogP contribution in [0, 0.1) is 5.92 Å². The van der Waals surface area contributed by atoms with Crippen molar-refractivity contribution in [1.29, 1.82) is 0 Å². The maximum absolute atomic E-state index is 6.06. The second-order valence-corrected chi connectivity index (χ2v) is 9.39. The number of hydrogen-bond donors (Lipinski definition) is 0. The summed E-state index contributed by atoms with van der Waals surface area (Å²) in [7, 11) is -0.227. The molecule has 1 aliphatic carbocycles. The van der Waals surface area contributed by atoms with Crippen LogP contribution in [0.15, 0.2) is 12.8 Å². The van der Waals surface area contributed by atoms with Gasteiger partial charge in [0.25, 0.3) is 0 Å². The molecule has 112 valence electrons. The summed E-state index contributed by atoms with van der Waals surface area (Å²) in [6.07, 6.45) is 12.1. The first-order valence-electron chi connectivity index (χ1n) is 8.06. The van der Waals surface area contributed by atoms with Crippen LogP contribution in [-0.4, -0.2) is 15.7 Å². The Hall–Kier alpha value is -0.283. The molecule has 0 amide bonds. The monoisotopic (exact) mass is 284 g/mol. The zero-order valence-electron chi connectivity index (χ0n) is 13.1. The van der Waals surface area contributed by atoms with Gasteiger partial charge in [-0.25, -0.2) is 0 Å². The zero-order chi connectivity index (χ0) is 14.1. The van der Waals surface area contributed by atoms with E-state index in [4.69, 9.17) is 8.85 Å². The molecule has 0 spiro atoms. The van der Waals surface area contributed by atoms with Gasteiger partial charge in [-0.15, -0.1) is 0 Å². The van der Waals surface area contributed by atoms with Gasteiger partial charge in [0.15, 0.2) is 0 Å². The van der Waals surface area contributed by atoms with Crippen LogP contribution in [0.1, 0.15) is 65.2 Å². The van der Waals surface area contributed by atoms with Crippen molar-refractivity contribution in [2.45, 2.75) is 76.8 Å². The summed E-state index contributed by atoms with van der Waals surface area (Å²) in [5, 5.41) is 0.